The lowest BCUT2D eigenvalue weighted by Crippen LogP contribution is -2.44. The average Bonchev–Trinajstić information content (AvgIpc) is 2.36. The highest BCUT2D eigenvalue weighted by molar-refractivity contribution is 8.00. The Kier molecular flexibility index (Phi) is 6.44. The summed E-state index contributed by atoms with van der Waals surface area (Å²) in [6.45, 7) is -0.663. The van der Waals surface area contributed by atoms with Crippen LogP contribution in [0.3, 0.4) is 0 Å². The fourth-order valence-corrected chi connectivity index (χ4v) is 2.46. The van der Waals surface area contributed by atoms with Crippen molar-refractivity contribution in [1.82, 2.24) is 5.32 Å². The lowest BCUT2D eigenvalue weighted by atomic mass is 10.3. The molecule has 1 amide bonds. The Balaban J connectivity index is 2.54. The fraction of sp³-hybridized carbons (Fsp3) is 0.273. The number of carboxylic acid groups (broad SMARTS) is 1. The summed E-state index contributed by atoms with van der Waals surface area (Å²) in [7, 11) is 0. The van der Waals surface area contributed by atoms with Gasteiger partial charge in [-0.25, -0.2) is 4.79 Å². The number of hydrogen-bond donors (Lipinski definition) is 3. The summed E-state index contributed by atoms with van der Waals surface area (Å²) in [5.41, 5.74) is 0. The van der Waals surface area contributed by atoms with Crippen LogP contribution in [0.15, 0.2) is 23.1 Å². The summed E-state index contributed by atoms with van der Waals surface area (Å²) >= 11 is 12.8. The smallest absolute Gasteiger partial charge is 0.328 e. The van der Waals surface area contributed by atoms with Crippen molar-refractivity contribution in [2.75, 3.05) is 12.4 Å². The molecule has 0 spiro atoms. The molecule has 1 rings (SSSR count). The molecule has 3 N–H and O–H groups in total. The summed E-state index contributed by atoms with van der Waals surface area (Å²) < 4.78 is 0. The topological polar surface area (TPSA) is 86.6 Å². The van der Waals surface area contributed by atoms with Crippen LogP contribution in [0.4, 0.5) is 0 Å². The lowest BCUT2D eigenvalue weighted by molar-refractivity contribution is -0.142. The first-order chi connectivity index (χ1) is 8.93. The fourth-order valence-electron chi connectivity index (χ4n) is 1.15. The van der Waals surface area contributed by atoms with Gasteiger partial charge in [-0.1, -0.05) is 23.2 Å². The van der Waals surface area contributed by atoms with Gasteiger partial charge < -0.3 is 15.5 Å². The van der Waals surface area contributed by atoms with Gasteiger partial charge in [0.1, 0.15) is 6.04 Å². The van der Waals surface area contributed by atoms with Gasteiger partial charge in [-0.2, -0.15) is 0 Å². The minimum Gasteiger partial charge on any atom is -0.480 e. The van der Waals surface area contributed by atoms with Gasteiger partial charge in [0.05, 0.1) is 17.4 Å². The zero-order valence-electron chi connectivity index (χ0n) is 9.60. The molecule has 0 saturated carbocycles. The SMILES string of the molecule is O=C(CSc1cc(Cl)ccc1Cl)N[C@H](CO)C(=O)O. The van der Waals surface area contributed by atoms with Crippen molar-refractivity contribution in [2.24, 2.45) is 0 Å². The van der Waals surface area contributed by atoms with Gasteiger partial charge in [0.15, 0.2) is 0 Å². The van der Waals surface area contributed by atoms with E-state index >= 15 is 0 Å². The minimum atomic E-state index is -1.30. The number of benzene rings is 1. The van der Waals surface area contributed by atoms with Gasteiger partial charge in [0.2, 0.25) is 5.91 Å². The quantitative estimate of drug-likeness (QED) is 0.693. The molecule has 0 aliphatic carbocycles. The third-order valence-electron chi connectivity index (χ3n) is 2.07. The maximum atomic E-state index is 11.5. The van der Waals surface area contributed by atoms with E-state index < -0.39 is 24.5 Å². The molecule has 0 bridgehead atoms. The number of amides is 1. The van der Waals surface area contributed by atoms with Crippen molar-refractivity contribution < 1.29 is 19.8 Å². The van der Waals surface area contributed by atoms with E-state index in [4.69, 9.17) is 33.4 Å². The monoisotopic (exact) mass is 323 g/mol. The maximum Gasteiger partial charge on any atom is 0.328 e. The van der Waals surface area contributed by atoms with E-state index in [1.807, 2.05) is 0 Å². The number of thioether (sulfide) groups is 1. The number of aliphatic hydroxyl groups excluding tert-OH is 1. The van der Waals surface area contributed by atoms with E-state index in [1.165, 1.54) is 0 Å². The Labute approximate surface area is 123 Å². The number of aliphatic hydroxyl groups is 1. The molecule has 0 saturated heterocycles. The Bertz CT molecular complexity index is 484. The van der Waals surface area contributed by atoms with Crippen molar-refractivity contribution in [3.05, 3.63) is 28.2 Å². The van der Waals surface area contributed by atoms with E-state index in [9.17, 15) is 9.59 Å². The van der Waals surface area contributed by atoms with Crippen LogP contribution in [0.2, 0.25) is 10.0 Å². The second kappa shape index (κ2) is 7.59. The highest BCUT2D eigenvalue weighted by Gasteiger charge is 2.18. The second-order valence-electron chi connectivity index (χ2n) is 3.50. The highest BCUT2D eigenvalue weighted by atomic mass is 35.5. The van der Waals surface area contributed by atoms with Crippen LogP contribution < -0.4 is 5.32 Å². The molecule has 0 radical (unpaired) electrons. The number of hydrogen-bond acceptors (Lipinski definition) is 4. The Morgan fingerprint density at radius 2 is 2.05 bits per heavy atom. The van der Waals surface area contributed by atoms with Crippen molar-refractivity contribution in [2.45, 2.75) is 10.9 Å². The average molecular weight is 324 g/mol. The molecule has 1 atom stereocenters. The lowest BCUT2D eigenvalue weighted by Gasteiger charge is -2.11. The molecule has 104 valence electrons. The predicted octanol–water partition coefficient (Wildman–Crippen LogP) is 1.65. The molecule has 0 aliphatic heterocycles. The summed E-state index contributed by atoms with van der Waals surface area (Å²) in [5.74, 6) is -1.83. The van der Waals surface area contributed by atoms with Crippen LogP contribution in [0.25, 0.3) is 0 Å². The van der Waals surface area contributed by atoms with Gasteiger partial charge in [0.25, 0.3) is 0 Å². The zero-order chi connectivity index (χ0) is 14.4. The van der Waals surface area contributed by atoms with Gasteiger partial charge in [-0.15, -0.1) is 11.8 Å². The van der Waals surface area contributed by atoms with Crippen LogP contribution in [-0.2, 0) is 9.59 Å². The van der Waals surface area contributed by atoms with Crippen LogP contribution in [0, 0.1) is 0 Å². The second-order valence-corrected chi connectivity index (χ2v) is 5.37. The van der Waals surface area contributed by atoms with Gasteiger partial charge in [-0.05, 0) is 18.2 Å². The number of rotatable bonds is 6. The van der Waals surface area contributed by atoms with Crippen molar-refractivity contribution >= 4 is 46.8 Å². The van der Waals surface area contributed by atoms with E-state index in [2.05, 4.69) is 5.32 Å². The number of nitrogens with one attached hydrogen (secondary N) is 1. The molecule has 0 unspecified atom stereocenters. The van der Waals surface area contributed by atoms with E-state index in [1.54, 1.807) is 18.2 Å². The Morgan fingerprint density at radius 3 is 2.63 bits per heavy atom. The Hall–Kier alpha value is -0.950. The number of halogens is 2. The van der Waals surface area contributed by atoms with Gasteiger partial charge in [-0.3, -0.25) is 4.79 Å². The van der Waals surface area contributed by atoms with E-state index in [0.717, 1.165) is 11.8 Å². The standard InChI is InChI=1S/C11H11Cl2NO4S/c12-6-1-2-7(13)9(3-6)19-5-10(16)14-8(4-15)11(17)18/h1-3,8,15H,4-5H2,(H,14,16)(H,17,18)/t8-/m1/s1. The number of aliphatic carboxylic acids is 1. The molecule has 5 nitrogen and oxygen atoms in total. The molecule has 0 fully saturated rings. The molecule has 0 heterocycles. The maximum absolute atomic E-state index is 11.5. The number of carbonyl (C=O) groups excluding carboxylic acids is 1. The summed E-state index contributed by atoms with van der Waals surface area (Å²) in [4.78, 5) is 22.7. The molecule has 8 heteroatoms. The molecule has 19 heavy (non-hydrogen) atoms. The van der Waals surface area contributed by atoms with Crippen LogP contribution >= 0.6 is 35.0 Å². The Morgan fingerprint density at radius 1 is 1.37 bits per heavy atom. The normalized spacial score (nSPS) is 11.9. The highest BCUT2D eigenvalue weighted by Crippen LogP contribution is 2.29. The van der Waals surface area contributed by atoms with E-state index in [-0.39, 0.29) is 5.75 Å². The first-order valence-electron chi connectivity index (χ1n) is 5.15. The van der Waals surface area contributed by atoms with Crippen LogP contribution in [0.5, 0.6) is 0 Å². The minimum absolute atomic E-state index is 0.0240. The largest absolute Gasteiger partial charge is 0.480 e. The molecular formula is C11H11Cl2NO4S. The third-order valence-corrected chi connectivity index (χ3v) is 3.80. The summed E-state index contributed by atoms with van der Waals surface area (Å²) in [5, 5.41) is 20.6. The molecular weight excluding hydrogens is 313 g/mol. The molecule has 1 aromatic carbocycles. The van der Waals surface area contributed by atoms with Crippen molar-refractivity contribution in [1.29, 1.82) is 0 Å². The molecule has 0 aliphatic rings. The van der Waals surface area contributed by atoms with Crippen LogP contribution in [-0.4, -0.2) is 40.5 Å². The van der Waals surface area contributed by atoms with Crippen molar-refractivity contribution in [3.63, 3.8) is 0 Å². The summed E-state index contributed by atoms with van der Waals surface area (Å²) in [6.07, 6.45) is 0. The first kappa shape index (κ1) is 16.1. The summed E-state index contributed by atoms with van der Waals surface area (Å²) in [6, 6.07) is 3.55. The third kappa shape index (κ3) is 5.28. The predicted molar refractivity (Wildman–Crippen MR) is 73.8 cm³/mol. The zero-order valence-corrected chi connectivity index (χ0v) is 11.9. The number of carbonyl (C=O) groups is 2. The first-order valence-corrected chi connectivity index (χ1v) is 6.89. The van der Waals surface area contributed by atoms with E-state index in [0.29, 0.717) is 14.9 Å². The van der Waals surface area contributed by atoms with Crippen molar-refractivity contribution in [3.8, 4) is 0 Å². The number of carboxylic acids is 1. The molecule has 0 aromatic heterocycles. The van der Waals surface area contributed by atoms with Crippen LogP contribution in [0.1, 0.15) is 0 Å². The van der Waals surface area contributed by atoms with Gasteiger partial charge >= 0.3 is 5.97 Å². The van der Waals surface area contributed by atoms with Gasteiger partial charge in [0, 0.05) is 9.92 Å². The molecule has 1 aromatic rings.